The number of para-hydroxylation sites is 1. The molecule has 30 heavy (non-hydrogen) atoms. The lowest BCUT2D eigenvalue weighted by molar-refractivity contribution is -0.137. The number of fused-ring (bicyclic) bond motifs is 1. The van der Waals surface area contributed by atoms with Crippen molar-refractivity contribution < 1.29 is 14.4 Å². The number of hydrogen-bond acceptors (Lipinski definition) is 6. The van der Waals surface area contributed by atoms with Crippen LogP contribution in [0.2, 0.25) is 0 Å². The van der Waals surface area contributed by atoms with E-state index in [-0.39, 0.29) is 12.0 Å². The molecule has 4 N–H and O–H groups in total. The van der Waals surface area contributed by atoms with Gasteiger partial charge in [-0.2, -0.15) is 4.37 Å². The van der Waals surface area contributed by atoms with Gasteiger partial charge >= 0.3 is 0 Å². The zero-order chi connectivity index (χ0) is 21.1. The van der Waals surface area contributed by atoms with E-state index in [0.717, 1.165) is 28.0 Å². The van der Waals surface area contributed by atoms with Gasteiger partial charge in [-0.15, -0.1) is 0 Å². The molecular formula is C21H17N5O3S. The number of aromatic nitrogens is 3. The minimum absolute atomic E-state index is 0.119. The molecule has 0 aliphatic heterocycles. The number of primary amides is 1. The molecule has 0 aliphatic rings. The average Bonchev–Trinajstić information content (AvgIpc) is 3.41. The van der Waals surface area contributed by atoms with Crippen molar-refractivity contribution in [2.75, 3.05) is 0 Å². The summed E-state index contributed by atoms with van der Waals surface area (Å²) in [4.78, 5) is 44.9. The van der Waals surface area contributed by atoms with Gasteiger partial charge in [0.25, 0.3) is 11.8 Å². The molecule has 0 aliphatic carbocycles. The molecule has 1 unspecified atom stereocenters. The number of pyridine rings is 1. The highest BCUT2D eigenvalue weighted by Gasteiger charge is 2.28. The first-order chi connectivity index (χ1) is 14.5. The zero-order valence-electron chi connectivity index (χ0n) is 15.7. The standard InChI is InChI=1S/C21H17N5O3S/c22-20(28)18(27)17(9-12-10-24-15-6-2-1-5-13(12)15)26-21(29)14-11-25-30-19(14)16-7-3-4-8-23-16/h1-8,10-11,17,24H,9H2,(H2,22,28)(H,26,29). The van der Waals surface area contributed by atoms with Crippen molar-refractivity contribution in [3.05, 3.63) is 72.2 Å². The van der Waals surface area contributed by atoms with Crippen molar-refractivity contribution >= 4 is 40.0 Å². The number of rotatable bonds is 7. The Hall–Kier alpha value is -3.85. The molecule has 2 amide bonds. The summed E-state index contributed by atoms with van der Waals surface area (Å²) in [6, 6.07) is 11.8. The molecule has 3 heterocycles. The molecule has 8 nitrogen and oxygen atoms in total. The van der Waals surface area contributed by atoms with E-state index in [4.69, 9.17) is 5.73 Å². The van der Waals surface area contributed by atoms with E-state index < -0.39 is 23.6 Å². The molecule has 0 saturated heterocycles. The van der Waals surface area contributed by atoms with Crippen LogP contribution in [-0.2, 0) is 16.0 Å². The predicted molar refractivity (Wildman–Crippen MR) is 113 cm³/mol. The van der Waals surface area contributed by atoms with Gasteiger partial charge in [-0.25, -0.2) is 0 Å². The maximum atomic E-state index is 12.9. The Morgan fingerprint density at radius 3 is 2.70 bits per heavy atom. The quantitative estimate of drug-likeness (QED) is 0.395. The van der Waals surface area contributed by atoms with Crippen LogP contribution in [0, 0.1) is 0 Å². The number of H-pyrrole nitrogens is 1. The Morgan fingerprint density at radius 1 is 1.13 bits per heavy atom. The molecule has 1 aromatic carbocycles. The number of nitrogens with one attached hydrogen (secondary N) is 2. The topological polar surface area (TPSA) is 131 Å². The maximum Gasteiger partial charge on any atom is 0.287 e. The third-order valence-corrected chi connectivity index (χ3v) is 5.50. The normalized spacial score (nSPS) is 11.9. The Balaban J connectivity index is 1.62. The first-order valence-corrected chi connectivity index (χ1v) is 9.87. The molecule has 9 heteroatoms. The largest absolute Gasteiger partial charge is 0.363 e. The van der Waals surface area contributed by atoms with Crippen molar-refractivity contribution in [3.8, 4) is 10.6 Å². The van der Waals surface area contributed by atoms with Crippen LogP contribution in [0.1, 0.15) is 15.9 Å². The number of benzene rings is 1. The fourth-order valence-electron chi connectivity index (χ4n) is 3.22. The van der Waals surface area contributed by atoms with Crippen LogP contribution in [0.4, 0.5) is 0 Å². The van der Waals surface area contributed by atoms with Crippen LogP contribution >= 0.6 is 11.5 Å². The number of amides is 2. The van der Waals surface area contributed by atoms with Crippen LogP contribution in [0.25, 0.3) is 21.5 Å². The number of carbonyl (C=O) groups is 3. The molecule has 0 radical (unpaired) electrons. The van der Waals surface area contributed by atoms with E-state index in [9.17, 15) is 14.4 Å². The minimum atomic E-state index is -1.11. The van der Waals surface area contributed by atoms with Gasteiger partial charge < -0.3 is 16.0 Å². The molecule has 3 aromatic heterocycles. The van der Waals surface area contributed by atoms with Gasteiger partial charge in [-0.05, 0) is 35.3 Å². The number of hydrogen-bond donors (Lipinski definition) is 3. The Morgan fingerprint density at radius 2 is 1.93 bits per heavy atom. The molecule has 1 atom stereocenters. The maximum absolute atomic E-state index is 12.9. The molecule has 0 saturated carbocycles. The molecule has 0 bridgehead atoms. The van der Waals surface area contributed by atoms with Crippen molar-refractivity contribution in [3.63, 3.8) is 0 Å². The number of Topliss-reactive ketones (excluding diaryl/α,β-unsaturated/α-hetero) is 1. The van der Waals surface area contributed by atoms with Gasteiger partial charge in [0.1, 0.15) is 6.04 Å². The summed E-state index contributed by atoms with van der Waals surface area (Å²) in [6.45, 7) is 0. The van der Waals surface area contributed by atoms with Gasteiger partial charge in [0, 0.05) is 29.7 Å². The highest BCUT2D eigenvalue weighted by molar-refractivity contribution is 7.10. The molecule has 4 rings (SSSR count). The van der Waals surface area contributed by atoms with E-state index in [1.165, 1.54) is 6.20 Å². The molecule has 0 spiro atoms. The van der Waals surface area contributed by atoms with Crippen molar-refractivity contribution in [2.24, 2.45) is 5.73 Å². The lowest BCUT2D eigenvalue weighted by Crippen LogP contribution is -2.47. The highest BCUT2D eigenvalue weighted by Crippen LogP contribution is 2.26. The summed E-state index contributed by atoms with van der Waals surface area (Å²) in [7, 11) is 0. The molecule has 0 fully saturated rings. The lowest BCUT2D eigenvalue weighted by atomic mass is 10.0. The Bertz CT molecular complexity index is 1230. The Kier molecular flexibility index (Phi) is 5.36. The summed E-state index contributed by atoms with van der Waals surface area (Å²) < 4.78 is 4.08. The van der Waals surface area contributed by atoms with Crippen LogP contribution < -0.4 is 11.1 Å². The van der Waals surface area contributed by atoms with Crippen molar-refractivity contribution in [2.45, 2.75) is 12.5 Å². The fourth-order valence-corrected chi connectivity index (χ4v) is 3.94. The summed E-state index contributed by atoms with van der Waals surface area (Å²) in [5.41, 5.74) is 7.78. The zero-order valence-corrected chi connectivity index (χ0v) is 16.5. The minimum Gasteiger partial charge on any atom is -0.363 e. The number of nitrogens with zero attached hydrogens (tertiary/aromatic N) is 2. The first kappa shape index (κ1) is 19.5. The third-order valence-electron chi connectivity index (χ3n) is 4.68. The smallest absolute Gasteiger partial charge is 0.287 e. The van der Waals surface area contributed by atoms with Gasteiger partial charge in [-0.1, -0.05) is 24.3 Å². The first-order valence-electron chi connectivity index (χ1n) is 9.10. The Labute approximate surface area is 175 Å². The van der Waals surface area contributed by atoms with E-state index in [1.54, 1.807) is 30.6 Å². The fraction of sp³-hybridized carbons (Fsp3) is 0.0952. The number of aromatic amines is 1. The molecular weight excluding hydrogens is 402 g/mol. The second-order valence-corrected chi connectivity index (χ2v) is 7.40. The van der Waals surface area contributed by atoms with Crippen LogP contribution in [0.5, 0.6) is 0 Å². The number of ketones is 1. The highest BCUT2D eigenvalue weighted by atomic mass is 32.1. The monoisotopic (exact) mass is 419 g/mol. The van der Waals surface area contributed by atoms with Crippen LogP contribution in [-0.4, -0.2) is 38.0 Å². The van der Waals surface area contributed by atoms with Crippen molar-refractivity contribution in [1.82, 2.24) is 19.7 Å². The average molecular weight is 419 g/mol. The summed E-state index contributed by atoms with van der Waals surface area (Å²) in [5.74, 6) is -2.49. The van der Waals surface area contributed by atoms with E-state index in [2.05, 4.69) is 19.7 Å². The van der Waals surface area contributed by atoms with Crippen molar-refractivity contribution in [1.29, 1.82) is 0 Å². The summed E-state index contributed by atoms with van der Waals surface area (Å²) >= 11 is 1.13. The lowest BCUT2D eigenvalue weighted by Gasteiger charge is -2.16. The van der Waals surface area contributed by atoms with E-state index >= 15 is 0 Å². The summed E-state index contributed by atoms with van der Waals surface area (Å²) in [6.07, 6.45) is 4.91. The van der Waals surface area contributed by atoms with Crippen LogP contribution in [0.3, 0.4) is 0 Å². The SMILES string of the molecule is NC(=O)C(=O)C(Cc1c[nH]c2ccccc12)NC(=O)c1cnsc1-c1ccccn1. The van der Waals surface area contributed by atoms with Gasteiger partial charge in [0.15, 0.2) is 0 Å². The van der Waals surface area contributed by atoms with Gasteiger partial charge in [0.05, 0.1) is 22.3 Å². The van der Waals surface area contributed by atoms with E-state index in [1.807, 2.05) is 24.3 Å². The van der Waals surface area contributed by atoms with Crippen LogP contribution in [0.15, 0.2) is 61.1 Å². The predicted octanol–water partition coefficient (Wildman–Crippen LogP) is 2.08. The second kappa shape index (κ2) is 8.26. The number of nitrogens with two attached hydrogens (primary N) is 1. The van der Waals surface area contributed by atoms with Gasteiger partial charge in [-0.3, -0.25) is 19.4 Å². The van der Waals surface area contributed by atoms with E-state index in [0.29, 0.717) is 10.6 Å². The van der Waals surface area contributed by atoms with Gasteiger partial charge in [0.2, 0.25) is 5.78 Å². The second-order valence-electron chi connectivity index (χ2n) is 6.60. The third kappa shape index (κ3) is 3.83. The summed E-state index contributed by atoms with van der Waals surface area (Å²) in [5, 5.41) is 3.55. The molecule has 150 valence electrons. The number of carbonyl (C=O) groups excluding carboxylic acids is 3. The molecule has 4 aromatic rings.